The summed E-state index contributed by atoms with van der Waals surface area (Å²) >= 11 is 1.74. The Kier molecular flexibility index (Phi) is 6.28. The molecule has 142 valence electrons. The average molecular weight is 398 g/mol. The first-order chi connectivity index (χ1) is 12.6. The van der Waals surface area contributed by atoms with Gasteiger partial charge in [-0.3, -0.25) is 4.99 Å². The number of aromatic nitrogens is 1. The monoisotopic (exact) mass is 397 g/mol. The Hall–Kier alpha value is -1.91. The van der Waals surface area contributed by atoms with Crippen LogP contribution < -0.4 is 5.32 Å². The van der Waals surface area contributed by atoms with Gasteiger partial charge >= 0.3 is 0 Å². The third-order valence-electron chi connectivity index (χ3n) is 4.20. The molecule has 0 bridgehead atoms. The third-order valence-corrected chi connectivity index (χ3v) is 6.95. The van der Waals surface area contributed by atoms with Crippen LogP contribution in [0.15, 0.2) is 39.4 Å². The third kappa shape index (κ3) is 4.83. The van der Waals surface area contributed by atoms with Crippen molar-refractivity contribution in [3.63, 3.8) is 0 Å². The summed E-state index contributed by atoms with van der Waals surface area (Å²) in [6.07, 6.45) is 2.33. The maximum atomic E-state index is 12.5. The van der Waals surface area contributed by atoms with Crippen molar-refractivity contribution in [2.45, 2.75) is 12.2 Å². The van der Waals surface area contributed by atoms with Crippen molar-refractivity contribution < 1.29 is 12.9 Å². The molecule has 26 heavy (non-hydrogen) atoms. The molecule has 0 spiro atoms. The highest BCUT2D eigenvalue weighted by atomic mass is 32.2. The van der Waals surface area contributed by atoms with Crippen molar-refractivity contribution >= 4 is 27.3 Å². The number of piperazine rings is 1. The van der Waals surface area contributed by atoms with Crippen LogP contribution in [0.2, 0.25) is 0 Å². The van der Waals surface area contributed by atoms with Crippen LogP contribution in [0.3, 0.4) is 0 Å². The van der Waals surface area contributed by atoms with Crippen molar-refractivity contribution in [3.8, 4) is 0 Å². The number of nitrogens with zero attached hydrogens (tertiary/aromatic N) is 4. The average Bonchev–Trinajstić information content (AvgIpc) is 3.33. The number of rotatable bonds is 6. The molecule has 2 aromatic heterocycles. The number of sulfonamides is 1. The van der Waals surface area contributed by atoms with E-state index in [9.17, 15) is 8.42 Å². The Labute approximate surface area is 157 Å². The van der Waals surface area contributed by atoms with E-state index in [1.165, 1.54) is 15.4 Å². The molecule has 2 aromatic rings. The molecule has 1 aliphatic rings. The number of thiophene rings is 1. The summed E-state index contributed by atoms with van der Waals surface area (Å²) in [5.41, 5.74) is 0.429. The maximum Gasteiger partial charge on any atom is 0.220 e. The second kappa shape index (κ2) is 8.65. The van der Waals surface area contributed by atoms with E-state index in [1.807, 2.05) is 6.07 Å². The Morgan fingerprint density at radius 1 is 1.35 bits per heavy atom. The van der Waals surface area contributed by atoms with Crippen LogP contribution in [0.4, 0.5) is 0 Å². The van der Waals surface area contributed by atoms with Crippen molar-refractivity contribution in [2.75, 3.05) is 39.8 Å². The van der Waals surface area contributed by atoms with Gasteiger partial charge in [0.05, 0.1) is 5.69 Å². The summed E-state index contributed by atoms with van der Waals surface area (Å²) in [5.74, 6) is 0.687. The first-order valence-corrected chi connectivity index (χ1v) is 10.9. The lowest BCUT2D eigenvalue weighted by atomic mass is 10.3. The van der Waals surface area contributed by atoms with Gasteiger partial charge in [0.25, 0.3) is 0 Å². The molecular formula is C16H23N5O3S2. The molecular weight excluding hydrogens is 374 g/mol. The lowest BCUT2D eigenvalue weighted by Gasteiger charge is -2.35. The fourth-order valence-electron chi connectivity index (χ4n) is 2.85. The van der Waals surface area contributed by atoms with Crippen molar-refractivity contribution in [3.05, 3.63) is 40.4 Å². The van der Waals surface area contributed by atoms with E-state index in [0.29, 0.717) is 31.9 Å². The van der Waals surface area contributed by atoms with E-state index in [2.05, 4.69) is 31.8 Å². The molecule has 1 fully saturated rings. The first-order valence-electron chi connectivity index (χ1n) is 8.43. The molecule has 1 aliphatic heterocycles. The molecule has 0 unspecified atom stereocenters. The molecule has 3 rings (SSSR count). The molecule has 3 heterocycles. The lowest BCUT2D eigenvalue weighted by molar-refractivity contribution is 0.260. The van der Waals surface area contributed by atoms with Gasteiger partial charge in [-0.1, -0.05) is 11.2 Å². The number of hydrogen-bond acceptors (Lipinski definition) is 6. The Bertz CT molecular complexity index is 795. The molecule has 0 atom stereocenters. The maximum absolute atomic E-state index is 12.5. The van der Waals surface area contributed by atoms with Crippen molar-refractivity contribution in [1.29, 1.82) is 0 Å². The van der Waals surface area contributed by atoms with E-state index in [0.717, 1.165) is 18.9 Å². The summed E-state index contributed by atoms with van der Waals surface area (Å²) in [6, 6.07) is 5.74. The normalized spacial score (nSPS) is 16.8. The van der Waals surface area contributed by atoms with E-state index in [1.54, 1.807) is 24.5 Å². The van der Waals surface area contributed by atoms with Gasteiger partial charge in [-0.25, -0.2) is 8.42 Å². The van der Waals surface area contributed by atoms with Gasteiger partial charge in [-0.05, 0) is 17.9 Å². The zero-order chi connectivity index (χ0) is 18.4. The zero-order valence-electron chi connectivity index (χ0n) is 14.7. The standard InChI is InChI=1S/C16H23N5O3S2/c1-17-16(18-6-4-15-3-2-12-25-15)20-7-9-21(10-8-20)26(22,23)13-14-5-11-24-19-14/h2-3,5,11-12H,4,6-10,13H2,1H3,(H,17,18). The minimum Gasteiger partial charge on any atom is -0.364 e. The minimum atomic E-state index is -3.38. The topological polar surface area (TPSA) is 91.0 Å². The Morgan fingerprint density at radius 2 is 2.15 bits per heavy atom. The Balaban J connectivity index is 1.48. The van der Waals surface area contributed by atoms with Gasteiger partial charge in [0, 0.05) is 50.7 Å². The van der Waals surface area contributed by atoms with Crippen LogP contribution in [0, 0.1) is 0 Å². The van der Waals surface area contributed by atoms with Gasteiger partial charge in [0.1, 0.15) is 12.0 Å². The van der Waals surface area contributed by atoms with Crippen molar-refractivity contribution in [1.82, 2.24) is 19.7 Å². The molecule has 0 radical (unpaired) electrons. The summed E-state index contributed by atoms with van der Waals surface area (Å²) in [4.78, 5) is 7.75. The van der Waals surface area contributed by atoms with E-state index >= 15 is 0 Å². The van der Waals surface area contributed by atoms with E-state index in [4.69, 9.17) is 4.52 Å². The number of nitrogens with one attached hydrogen (secondary N) is 1. The fourth-order valence-corrected chi connectivity index (χ4v) is 4.99. The van der Waals surface area contributed by atoms with Gasteiger partial charge < -0.3 is 14.7 Å². The van der Waals surface area contributed by atoms with Gasteiger partial charge in [-0.2, -0.15) is 4.31 Å². The number of guanidine groups is 1. The molecule has 1 saturated heterocycles. The summed E-state index contributed by atoms with van der Waals surface area (Å²) in [6.45, 7) is 2.89. The first kappa shape index (κ1) is 18.9. The number of aliphatic imine (C=N–C) groups is 1. The van der Waals surface area contributed by atoms with Crippen LogP contribution in [0.5, 0.6) is 0 Å². The highest BCUT2D eigenvalue weighted by Gasteiger charge is 2.28. The fraction of sp³-hybridized carbons (Fsp3) is 0.500. The summed E-state index contributed by atoms with van der Waals surface area (Å²) in [5, 5.41) is 9.12. The summed E-state index contributed by atoms with van der Waals surface area (Å²) < 4.78 is 31.2. The number of hydrogen-bond donors (Lipinski definition) is 1. The quantitative estimate of drug-likeness (QED) is 0.578. The lowest BCUT2D eigenvalue weighted by Crippen LogP contribution is -2.54. The van der Waals surface area contributed by atoms with Crippen LogP contribution >= 0.6 is 11.3 Å². The molecule has 1 N–H and O–H groups in total. The van der Waals surface area contributed by atoms with Gasteiger partial charge in [-0.15, -0.1) is 11.3 Å². The largest absolute Gasteiger partial charge is 0.364 e. The van der Waals surface area contributed by atoms with Crippen LogP contribution in [0.1, 0.15) is 10.6 Å². The highest BCUT2D eigenvalue weighted by Crippen LogP contribution is 2.13. The van der Waals surface area contributed by atoms with E-state index in [-0.39, 0.29) is 5.75 Å². The highest BCUT2D eigenvalue weighted by molar-refractivity contribution is 7.88. The van der Waals surface area contributed by atoms with Gasteiger partial charge in [0.2, 0.25) is 10.0 Å². The summed E-state index contributed by atoms with van der Waals surface area (Å²) in [7, 11) is -1.63. The SMILES string of the molecule is CN=C(NCCc1cccs1)N1CCN(S(=O)(=O)Cc2ccon2)CC1. The smallest absolute Gasteiger partial charge is 0.220 e. The van der Waals surface area contributed by atoms with Crippen LogP contribution in [-0.4, -0.2) is 68.5 Å². The molecule has 0 aromatic carbocycles. The zero-order valence-corrected chi connectivity index (χ0v) is 16.3. The molecule has 0 aliphatic carbocycles. The van der Waals surface area contributed by atoms with Crippen LogP contribution in [0.25, 0.3) is 0 Å². The molecule has 0 saturated carbocycles. The predicted octanol–water partition coefficient (Wildman–Crippen LogP) is 1.00. The Morgan fingerprint density at radius 3 is 2.77 bits per heavy atom. The minimum absolute atomic E-state index is 0.128. The van der Waals surface area contributed by atoms with Crippen LogP contribution in [-0.2, 0) is 22.2 Å². The van der Waals surface area contributed by atoms with E-state index < -0.39 is 10.0 Å². The molecule has 10 heteroatoms. The second-order valence-corrected chi connectivity index (χ2v) is 8.94. The second-order valence-electron chi connectivity index (χ2n) is 5.94. The molecule has 8 nitrogen and oxygen atoms in total. The predicted molar refractivity (Wildman–Crippen MR) is 102 cm³/mol. The van der Waals surface area contributed by atoms with Crippen molar-refractivity contribution in [2.24, 2.45) is 4.99 Å². The molecule has 0 amide bonds. The van der Waals surface area contributed by atoms with Gasteiger partial charge in [0.15, 0.2) is 5.96 Å².